The van der Waals surface area contributed by atoms with Crippen LogP contribution in [-0.4, -0.2) is 28.9 Å². The van der Waals surface area contributed by atoms with Gasteiger partial charge in [0.25, 0.3) is 0 Å². The molecule has 0 fully saturated rings. The fourth-order valence-corrected chi connectivity index (χ4v) is 3.38. The molecular formula is C9H9Br2NO3S. The van der Waals surface area contributed by atoms with Crippen molar-refractivity contribution in [2.45, 2.75) is 13.0 Å². The van der Waals surface area contributed by atoms with E-state index in [1.54, 1.807) is 6.07 Å². The summed E-state index contributed by atoms with van der Waals surface area (Å²) < 4.78 is 1.60. The van der Waals surface area contributed by atoms with Gasteiger partial charge in [-0.25, -0.2) is 4.79 Å². The van der Waals surface area contributed by atoms with E-state index in [2.05, 4.69) is 31.9 Å². The number of carboxylic acid groups (broad SMARTS) is 1. The Labute approximate surface area is 114 Å². The Bertz CT molecular complexity index is 413. The Hall–Kier alpha value is -0.400. The summed E-state index contributed by atoms with van der Waals surface area (Å²) in [5.41, 5.74) is 0. The molecule has 0 saturated heterocycles. The molecule has 1 atom stereocenters. The molecule has 4 nitrogen and oxygen atoms in total. The molecule has 7 heteroatoms. The van der Waals surface area contributed by atoms with Crippen LogP contribution in [0.25, 0.3) is 0 Å². The first kappa shape index (κ1) is 13.7. The van der Waals surface area contributed by atoms with Crippen LogP contribution in [0.1, 0.15) is 17.8 Å². The Morgan fingerprint density at radius 3 is 2.38 bits per heavy atom. The van der Waals surface area contributed by atoms with Crippen molar-refractivity contribution in [2.24, 2.45) is 0 Å². The van der Waals surface area contributed by atoms with Crippen molar-refractivity contribution in [3.8, 4) is 0 Å². The van der Waals surface area contributed by atoms with E-state index in [1.165, 1.54) is 30.2 Å². The van der Waals surface area contributed by atoms with Crippen molar-refractivity contribution in [1.82, 2.24) is 4.90 Å². The van der Waals surface area contributed by atoms with Crippen LogP contribution in [0.3, 0.4) is 0 Å². The largest absolute Gasteiger partial charge is 0.479 e. The number of likely N-dealkylation sites (N-methyl/N-ethyl adjacent to an activating group) is 1. The number of carbonyl (C=O) groups is 2. The Morgan fingerprint density at radius 2 is 2.06 bits per heavy atom. The quantitative estimate of drug-likeness (QED) is 0.889. The van der Waals surface area contributed by atoms with Crippen LogP contribution < -0.4 is 0 Å². The lowest BCUT2D eigenvalue weighted by Crippen LogP contribution is -2.33. The van der Waals surface area contributed by atoms with Crippen molar-refractivity contribution in [1.29, 1.82) is 0 Å². The van der Waals surface area contributed by atoms with E-state index in [0.717, 1.165) is 8.26 Å². The first-order chi connectivity index (χ1) is 7.34. The lowest BCUT2D eigenvalue weighted by molar-refractivity contribution is -0.148. The molecule has 0 saturated carbocycles. The van der Waals surface area contributed by atoms with Gasteiger partial charge in [0.05, 0.1) is 3.79 Å². The maximum atomic E-state index is 11.2. The molecule has 0 spiro atoms. The number of nitrogens with zero attached hydrogens (tertiary/aromatic N) is 1. The predicted molar refractivity (Wildman–Crippen MR) is 68.5 cm³/mol. The molecule has 1 aromatic heterocycles. The number of hydrogen-bond acceptors (Lipinski definition) is 3. The lowest BCUT2D eigenvalue weighted by Gasteiger charge is -2.22. The van der Waals surface area contributed by atoms with E-state index in [0.29, 0.717) is 4.88 Å². The molecule has 1 amide bonds. The highest BCUT2D eigenvalue weighted by Gasteiger charge is 2.28. The number of rotatable bonds is 3. The van der Waals surface area contributed by atoms with Gasteiger partial charge in [-0.15, -0.1) is 11.3 Å². The molecule has 0 aliphatic rings. The standard InChI is InChI=1S/C9H9Br2NO3S/c1-4(13)12(2)7(9(14)15)6-3-5(10)8(11)16-6/h3,7H,1-2H3,(H,14,15). The average Bonchev–Trinajstić information content (AvgIpc) is 2.45. The summed E-state index contributed by atoms with van der Waals surface area (Å²) in [4.78, 5) is 24.1. The Morgan fingerprint density at radius 1 is 1.50 bits per heavy atom. The van der Waals surface area contributed by atoms with Gasteiger partial charge in [-0.05, 0) is 37.9 Å². The second-order valence-electron chi connectivity index (χ2n) is 3.14. The van der Waals surface area contributed by atoms with Gasteiger partial charge in [0, 0.05) is 23.3 Å². The number of carbonyl (C=O) groups excluding carboxylic acids is 1. The molecule has 0 aliphatic carbocycles. The van der Waals surface area contributed by atoms with E-state index >= 15 is 0 Å². The Kier molecular flexibility index (Phi) is 4.52. The van der Waals surface area contributed by atoms with E-state index < -0.39 is 12.0 Å². The van der Waals surface area contributed by atoms with Crippen molar-refractivity contribution in [3.05, 3.63) is 19.2 Å². The third-order valence-corrected chi connectivity index (χ3v) is 5.36. The van der Waals surface area contributed by atoms with E-state index in [4.69, 9.17) is 5.11 Å². The van der Waals surface area contributed by atoms with Gasteiger partial charge in [-0.1, -0.05) is 0 Å². The van der Waals surface area contributed by atoms with Crippen LogP contribution in [0.4, 0.5) is 0 Å². The minimum atomic E-state index is -1.04. The molecule has 1 heterocycles. The zero-order chi connectivity index (χ0) is 12.5. The van der Waals surface area contributed by atoms with Gasteiger partial charge < -0.3 is 10.0 Å². The SMILES string of the molecule is CC(=O)N(C)C(C(=O)O)c1cc(Br)c(Br)s1. The smallest absolute Gasteiger partial charge is 0.331 e. The monoisotopic (exact) mass is 369 g/mol. The zero-order valence-electron chi connectivity index (χ0n) is 8.53. The van der Waals surface area contributed by atoms with Crippen molar-refractivity contribution in [2.75, 3.05) is 7.05 Å². The van der Waals surface area contributed by atoms with Gasteiger partial charge in [-0.2, -0.15) is 0 Å². The van der Waals surface area contributed by atoms with Crippen molar-refractivity contribution < 1.29 is 14.7 Å². The van der Waals surface area contributed by atoms with Crippen LogP contribution >= 0.6 is 43.2 Å². The van der Waals surface area contributed by atoms with Gasteiger partial charge in [-0.3, -0.25) is 4.79 Å². The summed E-state index contributed by atoms with van der Waals surface area (Å²) in [5, 5.41) is 9.13. The summed E-state index contributed by atoms with van der Waals surface area (Å²) in [6.07, 6.45) is 0. The van der Waals surface area contributed by atoms with Crippen molar-refractivity contribution in [3.63, 3.8) is 0 Å². The molecule has 16 heavy (non-hydrogen) atoms. The summed E-state index contributed by atoms with van der Waals surface area (Å²) in [6.45, 7) is 1.34. The zero-order valence-corrected chi connectivity index (χ0v) is 12.5. The summed E-state index contributed by atoms with van der Waals surface area (Å²) in [6, 6.07) is 0.762. The van der Waals surface area contributed by atoms with Gasteiger partial charge in [0.2, 0.25) is 5.91 Å². The second kappa shape index (κ2) is 5.29. The number of carboxylic acids is 1. The molecule has 88 valence electrons. The fraction of sp³-hybridized carbons (Fsp3) is 0.333. The molecule has 1 N–H and O–H groups in total. The number of aliphatic carboxylic acids is 1. The van der Waals surface area contributed by atoms with Crippen LogP contribution in [0.2, 0.25) is 0 Å². The van der Waals surface area contributed by atoms with Crippen LogP contribution in [0.15, 0.2) is 14.3 Å². The number of amides is 1. The lowest BCUT2D eigenvalue weighted by atomic mass is 10.2. The third-order valence-electron chi connectivity index (χ3n) is 2.05. The number of hydrogen-bond donors (Lipinski definition) is 1. The summed E-state index contributed by atoms with van der Waals surface area (Å²) in [7, 11) is 1.47. The van der Waals surface area contributed by atoms with Crippen LogP contribution in [-0.2, 0) is 9.59 Å². The van der Waals surface area contributed by atoms with E-state index in [9.17, 15) is 9.59 Å². The summed E-state index contributed by atoms with van der Waals surface area (Å²) >= 11 is 7.87. The molecule has 0 bridgehead atoms. The van der Waals surface area contributed by atoms with E-state index in [1.807, 2.05) is 0 Å². The Balaban J connectivity index is 3.12. The number of halogens is 2. The average molecular weight is 371 g/mol. The maximum Gasteiger partial charge on any atom is 0.331 e. The van der Waals surface area contributed by atoms with Crippen molar-refractivity contribution >= 4 is 55.1 Å². The van der Waals surface area contributed by atoms with Gasteiger partial charge in [0.1, 0.15) is 0 Å². The van der Waals surface area contributed by atoms with E-state index in [-0.39, 0.29) is 5.91 Å². The molecule has 0 aromatic carbocycles. The highest BCUT2D eigenvalue weighted by atomic mass is 79.9. The molecule has 0 aliphatic heterocycles. The minimum Gasteiger partial charge on any atom is -0.479 e. The third kappa shape index (κ3) is 2.83. The normalized spacial score (nSPS) is 12.2. The molecular weight excluding hydrogens is 362 g/mol. The molecule has 0 radical (unpaired) electrons. The molecule has 1 aromatic rings. The number of thiophene rings is 1. The fourth-order valence-electron chi connectivity index (χ4n) is 1.16. The molecule has 1 rings (SSSR count). The first-order valence-electron chi connectivity index (χ1n) is 4.25. The van der Waals surface area contributed by atoms with Crippen LogP contribution in [0.5, 0.6) is 0 Å². The van der Waals surface area contributed by atoms with Crippen LogP contribution in [0, 0.1) is 0 Å². The highest BCUT2D eigenvalue weighted by molar-refractivity contribution is 9.13. The first-order valence-corrected chi connectivity index (χ1v) is 6.65. The maximum absolute atomic E-state index is 11.2. The second-order valence-corrected chi connectivity index (χ2v) is 6.40. The van der Waals surface area contributed by atoms with Gasteiger partial charge >= 0.3 is 5.97 Å². The highest BCUT2D eigenvalue weighted by Crippen LogP contribution is 2.37. The van der Waals surface area contributed by atoms with Gasteiger partial charge in [0.15, 0.2) is 6.04 Å². The molecule has 1 unspecified atom stereocenters. The summed E-state index contributed by atoms with van der Waals surface area (Å²) in [5.74, 6) is -1.33. The topological polar surface area (TPSA) is 57.6 Å². The predicted octanol–water partition coefficient (Wildman–Crippen LogP) is 2.88. The minimum absolute atomic E-state index is 0.284.